The van der Waals surface area contributed by atoms with Gasteiger partial charge in [-0.05, 0) is 24.4 Å². The molecule has 84 valence electrons. The van der Waals surface area contributed by atoms with Crippen molar-refractivity contribution in [3.63, 3.8) is 0 Å². The van der Waals surface area contributed by atoms with Crippen LogP contribution in [0, 0.1) is 0 Å². The van der Waals surface area contributed by atoms with E-state index in [0.717, 1.165) is 12.8 Å². The number of hydrogen-bond donors (Lipinski definition) is 0. The smallest absolute Gasteiger partial charge is 0.454 e. The summed E-state index contributed by atoms with van der Waals surface area (Å²) in [5, 5.41) is 3.40. The van der Waals surface area contributed by atoms with Gasteiger partial charge in [-0.25, -0.2) is 9.59 Å². The van der Waals surface area contributed by atoms with Gasteiger partial charge in [-0.15, -0.1) is 0 Å². The van der Waals surface area contributed by atoms with Crippen LogP contribution < -0.4 is 5.82 Å². The molecule has 0 aliphatic carbocycles. The second kappa shape index (κ2) is 6.23. The molecule has 1 heterocycles. The van der Waals surface area contributed by atoms with E-state index >= 15 is 0 Å². The Morgan fingerprint density at radius 3 is 2.80 bits per heavy atom. The minimum atomic E-state index is -0.794. The fourth-order valence-corrected chi connectivity index (χ4v) is 1.10. The average Bonchev–Trinajstić information content (AvgIpc) is 2.57. The van der Waals surface area contributed by atoms with Crippen LogP contribution in [0.3, 0.4) is 0 Å². The first-order valence-corrected chi connectivity index (χ1v) is 4.84. The largest absolute Gasteiger partial charge is 0.542 e. The lowest BCUT2D eigenvalue weighted by atomic mass is 10.2. The molecule has 1 aromatic heterocycles. The molecule has 6 nitrogen and oxygen atoms in total. The quantitative estimate of drug-likeness (QED) is 0.551. The first kappa shape index (κ1) is 11.8. The molecule has 0 fully saturated rings. The van der Waals surface area contributed by atoms with Gasteiger partial charge in [-0.3, -0.25) is 4.52 Å². The molecule has 0 aromatic carbocycles. The number of nitrogens with zero attached hydrogens (tertiary/aromatic N) is 1. The van der Waals surface area contributed by atoms with Gasteiger partial charge in [0, 0.05) is 18.0 Å². The van der Waals surface area contributed by atoms with E-state index in [9.17, 15) is 9.59 Å². The average molecular weight is 236 g/mol. The van der Waals surface area contributed by atoms with E-state index in [4.69, 9.17) is 11.6 Å². The first-order valence-electron chi connectivity index (χ1n) is 4.46. The molecular formula is C8H10ClNO5. The fourth-order valence-electron chi connectivity index (χ4n) is 1.03. The Balaban J connectivity index is 2.02. The summed E-state index contributed by atoms with van der Waals surface area (Å²) in [5.74, 6) is -0.504. The predicted molar refractivity (Wildman–Crippen MR) is 49.8 cm³/mol. The number of carbonyl (C=O) groups excluding carboxylic acids is 1. The lowest BCUT2D eigenvalue weighted by Gasteiger charge is -1.98. The van der Waals surface area contributed by atoms with Crippen LogP contribution in [0.1, 0.15) is 25.2 Å². The van der Waals surface area contributed by atoms with Crippen molar-refractivity contribution in [1.82, 2.24) is 5.16 Å². The Hall–Kier alpha value is -1.30. The van der Waals surface area contributed by atoms with Crippen LogP contribution >= 0.6 is 11.6 Å². The molecule has 1 rings (SSSR count). The monoisotopic (exact) mass is 235 g/mol. The van der Waals surface area contributed by atoms with Crippen molar-refractivity contribution in [3.05, 3.63) is 16.5 Å². The lowest BCUT2D eigenvalue weighted by Crippen LogP contribution is -1.96. The summed E-state index contributed by atoms with van der Waals surface area (Å²) in [7, 11) is 0. The third kappa shape index (κ3) is 5.21. The van der Waals surface area contributed by atoms with Gasteiger partial charge in [0.2, 0.25) is 5.89 Å². The van der Waals surface area contributed by atoms with E-state index in [2.05, 4.69) is 18.8 Å². The zero-order valence-corrected chi connectivity index (χ0v) is 8.66. The Labute approximate surface area is 90.1 Å². The van der Waals surface area contributed by atoms with Gasteiger partial charge in [0.05, 0.1) is 6.61 Å². The fraction of sp³-hybridized carbons (Fsp3) is 0.625. The van der Waals surface area contributed by atoms with Crippen molar-refractivity contribution in [2.75, 3.05) is 6.61 Å². The van der Waals surface area contributed by atoms with Crippen LogP contribution in [0.5, 0.6) is 0 Å². The number of halogens is 1. The van der Waals surface area contributed by atoms with Crippen LogP contribution in [0.2, 0.25) is 0 Å². The molecule has 0 amide bonds. The van der Waals surface area contributed by atoms with E-state index in [1.54, 1.807) is 0 Å². The van der Waals surface area contributed by atoms with E-state index in [0.29, 0.717) is 19.4 Å². The number of rotatable bonds is 6. The number of carbonyl (C=O) groups is 1. The Bertz CT molecular complexity index is 358. The van der Waals surface area contributed by atoms with E-state index in [1.165, 1.54) is 0 Å². The van der Waals surface area contributed by atoms with Gasteiger partial charge < -0.3 is 9.15 Å². The summed E-state index contributed by atoms with van der Waals surface area (Å²) in [6, 6.07) is 0. The Morgan fingerprint density at radius 2 is 2.20 bits per heavy atom. The standard InChI is InChI=1S/C8H10ClNO5/c9-7(11)13-5-3-1-2-4-6-10-15-8(12)14-6/h1-5H2. The molecule has 1 aromatic rings. The number of hydrogen-bond acceptors (Lipinski definition) is 6. The van der Waals surface area contributed by atoms with Crippen LogP contribution in [0.15, 0.2) is 13.7 Å². The van der Waals surface area contributed by atoms with Crippen LogP contribution in [0.4, 0.5) is 4.79 Å². The molecule has 0 saturated heterocycles. The summed E-state index contributed by atoms with van der Waals surface area (Å²) in [5.41, 5.74) is -0.794. The highest BCUT2D eigenvalue weighted by Gasteiger charge is 2.02. The molecule has 0 bridgehead atoms. The zero-order chi connectivity index (χ0) is 11.1. The molecule has 15 heavy (non-hydrogen) atoms. The third-order valence-corrected chi connectivity index (χ3v) is 1.78. The molecule has 0 aliphatic heterocycles. The van der Waals surface area contributed by atoms with Gasteiger partial charge in [-0.1, -0.05) is 0 Å². The molecule has 0 radical (unpaired) electrons. The van der Waals surface area contributed by atoms with Crippen molar-refractivity contribution in [2.24, 2.45) is 0 Å². The Kier molecular flexibility index (Phi) is 4.89. The van der Waals surface area contributed by atoms with Crippen LogP contribution in [-0.2, 0) is 11.2 Å². The summed E-state index contributed by atoms with van der Waals surface area (Å²) in [6.45, 7) is 0.297. The van der Waals surface area contributed by atoms with Gasteiger partial charge in [-0.2, -0.15) is 0 Å². The lowest BCUT2D eigenvalue weighted by molar-refractivity contribution is 0.170. The van der Waals surface area contributed by atoms with Crippen molar-refractivity contribution in [2.45, 2.75) is 25.7 Å². The number of unbranched alkanes of at least 4 members (excludes halogenated alkanes) is 2. The van der Waals surface area contributed by atoms with Crippen molar-refractivity contribution >= 4 is 17.0 Å². The van der Waals surface area contributed by atoms with Crippen LogP contribution in [-0.4, -0.2) is 17.2 Å². The highest BCUT2D eigenvalue weighted by Crippen LogP contribution is 2.03. The topological polar surface area (TPSA) is 82.5 Å². The molecule has 0 spiro atoms. The van der Waals surface area contributed by atoms with Crippen LogP contribution in [0.25, 0.3) is 0 Å². The molecule has 7 heteroatoms. The van der Waals surface area contributed by atoms with E-state index in [1.807, 2.05) is 0 Å². The Morgan fingerprint density at radius 1 is 1.40 bits per heavy atom. The maximum absolute atomic E-state index is 10.4. The van der Waals surface area contributed by atoms with Gasteiger partial charge in [0.15, 0.2) is 0 Å². The maximum Gasteiger partial charge on any atom is 0.542 e. The van der Waals surface area contributed by atoms with Gasteiger partial charge >= 0.3 is 11.3 Å². The minimum Gasteiger partial charge on any atom is -0.454 e. The molecule has 0 atom stereocenters. The predicted octanol–water partition coefficient (Wildman–Crippen LogP) is 1.72. The molecule has 0 N–H and O–H groups in total. The summed E-state index contributed by atoms with van der Waals surface area (Å²) in [6.07, 6.45) is 2.83. The summed E-state index contributed by atoms with van der Waals surface area (Å²) in [4.78, 5) is 20.6. The molecule has 0 saturated carbocycles. The summed E-state index contributed by atoms with van der Waals surface area (Å²) >= 11 is 4.96. The molecule has 0 unspecified atom stereocenters. The zero-order valence-electron chi connectivity index (χ0n) is 7.90. The number of aromatic nitrogens is 1. The molecular weight excluding hydrogens is 226 g/mol. The highest BCUT2D eigenvalue weighted by atomic mass is 35.5. The van der Waals surface area contributed by atoms with Crippen molar-refractivity contribution in [3.8, 4) is 0 Å². The molecule has 0 aliphatic rings. The normalized spacial score (nSPS) is 10.2. The highest BCUT2D eigenvalue weighted by molar-refractivity contribution is 6.61. The second-order valence-corrected chi connectivity index (χ2v) is 3.13. The number of aryl methyl sites for hydroxylation is 1. The maximum atomic E-state index is 10.4. The van der Waals surface area contributed by atoms with Gasteiger partial charge in [0.1, 0.15) is 0 Å². The third-order valence-electron chi connectivity index (χ3n) is 1.67. The SMILES string of the molecule is O=C(Cl)OCCCCCc1noc(=O)o1. The van der Waals surface area contributed by atoms with Crippen molar-refractivity contribution < 1.29 is 18.5 Å². The van der Waals surface area contributed by atoms with E-state index in [-0.39, 0.29) is 5.89 Å². The van der Waals surface area contributed by atoms with Gasteiger partial charge in [0.25, 0.3) is 0 Å². The second-order valence-electron chi connectivity index (χ2n) is 2.83. The number of ether oxygens (including phenoxy) is 1. The first-order chi connectivity index (χ1) is 7.18. The summed E-state index contributed by atoms with van der Waals surface area (Å²) < 4.78 is 13.3. The minimum absolute atomic E-state index is 0.286. The van der Waals surface area contributed by atoms with E-state index < -0.39 is 11.3 Å². The van der Waals surface area contributed by atoms with Crippen molar-refractivity contribution in [1.29, 1.82) is 0 Å².